The predicted molar refractivity (Wildman–Crippen MR) is 75.9 cm³/mol. The number of nitrogens with zero attached hydrogens (tertiary/aromatic N) is 1. The molecule has 1 aromatic rings. The third-order valence-electron chi connectivity index (χ3n) is 3.67. The van der Waals surface area contributed by atoms with Crippen LogP contribution in [0, 0.1) is 0 Å². The summed E-state index contributed by atoms with van der Waals surface area (Å²) < 4.78 is 5.09. The molecular formula is C15H18N2O4. The van der Waals surface area contributed by atoms with Crippen molar-refractivity contribution in [3.63, 3.8) is 0 Å². The minimum atomic E-state index is -1.11. The van der Waals surface area contributed by atoms with Crippen molar-refractivity contribution < 1.29 is 19.1 Å². The molecule has 0 spiro atoms. The molecule has 0 bridgehead atoms. The number of carbonyl (C=O) groups excluding carboxylic acids is 3. The summed E-state index contributed by atoms with van der Waals surface area (Å²) >= 11 is 0. The SMILES string of the molecule is CC[C@@]1(c2ccc(OC)cc2)NC(=O)N(CC(C)=O)C1=O. The summed E-state index contributed by atoms with van der Waals surface area (Å²) in [6.45, 7) is 2.96. The van der Waals surface area contributed by atoms with Gasteiger partial charge in [0.05, 0.1) is 13.7 Å². The van der Waals surface area contributed by atoms with Crippen molar-refractivity contribution in [3.8, 4) is 5.75 Å². The van der Waals surface area contributed by atoms with Gasteiger partial charge in [0.2, 0.25) is 0 Å². The molecule has 21 heavy (non-hydrogen) atoms. The van der Waals surface area contributed by atoms with Gasteiger partial charge in [-0.15, -0.1) is 0 Å². The van der Waals surface area contributed by atoms with Crippen molar-refractivity contribution in [1.82, 2.24) is 10.2 Å². The van der Waals surface area contributed by atoms with E-state index < -0.39 is 17.5 Å². The number of ether oxygens (including phenoxy) is 1. The summed E-state index contributed by atoms with van der Waals surface area (Å²) in [6, 6.07) is 6.43. The molecule has 1 aliphatic rings. The van der Waals surface area contributed by atoms with E-state index in [4.69, 9.17) is 4.74 Å². The number of carbonyl (C=O) groups is 3. The van der Waals surface area contributed by atoms with E-state index in [1.54, 1.807) is 31.4 Å². The molecule has 1 aliphatic heterocycles. The first-order valence-electron chi connectivity index (χ1n) is 6.72. The van der Waals surface area contributed by atoms with Gasteiger partial charge in [0.25, 0.3) is 5.91 Å². The number of imide groups is 1. The molecule has 1 aromatic carbocycles. The molecule has 1 saturated heterocycles. The molecule has 3 amide bonds. The quantitative estimate of drug-likeness (QED) is 0.833. The van der Waals surface area contributed by atoms with Crippen LogP contribution in [0.15, 0.2) is 24.3 Å². The lowest BCUT2D eigenvalue weighted by Crippen LogP contribution is -2.43. The lowest BCUT2D eigenvalue weighted by molar-refractivity contribution is -0.134. The molecule has 2 rings (SSSR count). The highest BCUT2D eigenvalue weighted by molar-refractivity contribution is 6.09. The molecule has 0 unspecified atom stereocenters. The Morgan fingerprint density at radius 2 is 1.90 bits per heavy atom. The number of benzene rings is 1. The predicted octanol–water partition coefficient (Wildman–Crippen LogP) is 1.44. The van der Waals surface area contributed by atoms with Gasteiger partial charge >= 0.3 is 6.03 Å². The van der Waals surface area contributed by atoms with E-state index >= 15 is 0 Å². The number of methoxy groups -OCH3 is 1. The van der Waals surface area contributed by atoms with E-state index in [0.717, 1.165) is 4.90 Å². The molecule has 6 heteroatoms. The fourth-order valence-electron chi connectivity index (χ4n) is 2.51. The zero-order valence-corrected chi connectivity index (χ0v) is 12.3. The molecule has 0 radical (unpaired) electrons. The number of Topliss-reactive ketones (excluding diaryl/α,β-unsaturated/α-hetero) is 1. The number of amides is 3. The Balaban J connectivity index is 2.39. The second-order valence-corrected chi connectivity index (χ2v) is 5.01. The first-order chi connectivity index (χ1) is 9.94. The van der Waals surface area contributed by atoms with E-state index in [2.05, 4.69) is 5.32 Å². The molecule has 112 valence electrons. The maximum Gasteiger partial charge on any atom is 0.325 e. The van der Waals surface area contributed by atoms with Crippen LogP contribution < -0.4 is 10.1 Å². The molecule has 1 N–H and O–H groups in total. The van der Waals surface area contributed by atoms with Crippen LogP contribution in [0.25, 0.3) is 0 Å². The van der Waals surface area contributed by atoms with Crippen LogP contribution in [0.5, 0.6) is 5.75 Å². The Hall–Kier alpha value is -2.37. The number of nitrogens with one attached hydrogen (secondary N) is 1. The molecule has 1 fully saturated rings. The van der Waals surface area contributed by atoms with Gasteiger partial charge in [-0.2, -0.15) is 0 Å². The fraction of sp³-hybridized carbons (Fsp3) is 0.400. The number of hydrogen-bond acceptors (Lipinski definition) is 4. The van der Waals surface area contributed by atoms with Gasteiger partial charge in [-0.05, 0) is 31.0 Å². The Bertz CT molecular complexity index is 582. The number of urea groups is 1. The highest BCUT2D eigenvalue weighted by Crippen LogP contribution is 2.33. The van der Waals surface area contributed by atoms with Crippen LogP contribution in [-0.2, 0) is 15.1 Å². The van der Waals surface area contributed by atoms with Crippen LogP contribution in [0.4, 0.5) is 4.79 Å². The Kier molecular flexibility index (Phi) is 3.97. The fourth-order valence-corrected chi connectivity index (χ4v) is 2.51. The van der Waals surface area contributed by atoms with Crippen LogP contribution in [0.2, 0.25) is 0 Å². The summed E-state index contributed by atoms with van der Waals surface area (Å²) in [5.74, 6) is 0.0397. The molecule has 0 aromatic heterocycles. The van der Waals surface area contributed by atoms with Crippen molar-refractivity contribution in [1.29, 1.82) is 0 Å². The van der Waals surface area contributed by atoms with Crippen molar-refractivity contribution in [3.05, 3.63) is 29.8 Å². The maximum atomic E-state index is 12.6. The van der Waals surface area contributed by atoms with Crippen molar-refractivity contribution in [2.45, 2.75) is 25.8 Å². The lowest BCUT2D eigenvalue weighted by Gasteiger charge is -2.25. The normalized spacial score (nSPS) is 21.4. The Morgan fingerprint density at radius 3 is 2.38 bits per heavy atom. The van der Waals surface area contributed by atoms with Crippen LogP contribution in [-0.4, -0.2) is 36.3 Å². The molecule has 0 aliphatic carbocycles. The largest absolute Gasteiger partial charge is 0.497 e. The molecule has 1 heterocycles. The van der Waals surface area contributed by atoms with Crippen molar-refractivity contribution in [2.75, 3.05) is 13.7 Å². The Morgan fingerprint density at radius 1 is 1.29 bits per heavy atom. The van der Waals surface area contributed by atoms with Gasteiger partial charge in [0.15, 0.2) is 0 Å². The molecule has 0 saturated carbocycles. The van der Waals surface area contributed by atoms with Crippen LogP contribution >= 0.6 is 0 Å². The topological polar surface area (TPSA) is 75.7 Å². The summed E-state index contributed by atoms with van der Waals surface area (Å²) in [4.78, 5) is 36.8. The Labute approximate surface area is 123 Å². The minimum absolute atomic E-state index is 0.206. The first-order valence-corrected chi connectivity index (χ1v) is 6.72. The average Bonchev–Trinajstić information content (AvgIpc) is 2.72. The third kappa shape index (κ3) is 2.49. The van der Waals surface area contributed by atoms with E-state index in [-0.39, 0.29) is 12.3 Å². The second-order valence-electron chi connectivity index (χ2n) is 5.01. The van der Waals surface area contributed by atoms with Crippen molar-refractivity contribution >= 4 is 17.7 Å². The summed E-state index contributed by atoms with van der Waals surface area (Å²) in [7, 11) is 1.56. The van der Waals surface area contributed by atoms with E-state index in [1.807, 2.05) is 6.92 Å². The highest BCUT2D eigenvalue weighted by Gasteiger charge is 2.51. The first kappa shape index (κ1) is 15.0. The van der Waals surface area contributed by atoms with Gasteiger partial charge in [-0.25, -0.2) is 4.79 Å². The van der Waals surface area contributed by atoms with Crippen molar-refractivity contribution in [2.24, 2.45) is 0 Å². The standard InChI is InChI=1S/C15H18N2O4/c1-4-15(11-5-7-12(21-3)8-6-11)13(19)17(9-10(2)18)14(20)16-15/h5-8H,4,9H2,1-3H3,(H,16,20)/t15-/m0/s1. The zero-order valence-electron chi connectivity index (χ0n) is 12.3. The molecule has 1 atom stereocenters. The summed E-state index contributed by atoms with van der Waals surface area (Å²) in [5, 5.41) is 2.72. The van der Waals surface area contributed by atoms with Gasteiger partial charge in [0.1, 0.15) is 17.1 Å². The highest BCUT2D eigenvalue weighted by atomic mass is 16.5. The van der Waals surface area contributed by atoms with E-state index in [0.29, 0.717) is 17.7 Å². The minimum Gasteiger partial charge on any atom is -0.497 e. The van der Waals surface area contributed by atoms with Crippen LogP contribution in [0.1, 0.15) is 25.8 Å². The average molecular weight is 290 g/mol. The monoisotopic (exact) mass is 290 g/mol. The second kappa shape index (κ2) is 5.55. The summed E-state index contributed by atoms with van der Waals surface area (Å²) in [6.07, 6.45) is 0.401. The number of rotatable bonds is 5. The van der Waals surface area contributed by atoms with Crippen LogP contribution in [0.3, 0.4) is 0 Å². The lowest BCUT2D eigenvalue weighted by atomic mass is 9.87. The maximum absolute atomic E-state index is 12.6. The summed E-state index contributed by atoms with van der Waals surface area (Å²) in [5.41, 5.74) is -0.436. The van der Waals surface area contributed by atoms with Gasteiger partial charge in [-0.3, -0.25) is 14.5 Å². The number of hydrogen-bond donors (Lipinski definition) is 1. The van der Waals surface area contributed by atoms with Gasteiger partial charge in [-0.1, -0.05) is 19.1 Å². The molecule has 6 nitrogen and oxygen atoms in total. The zero-order chi connectivity index (χ0) is 15.6. The third-order valence-corrected chi connectivity index (χ3v) is 3.67. The van der Waals surface area contributed by atoms with E-state index in [9.17, 15) is 14.4 Å². The smallest absolute Gasteiger partial charge is 0.325 e. The molecular weight excluding hydrogens is 272 g/mol. The number of ketones is 1. The van der Waals surface area contributed by atoms with Gasteiger partial charge in [0, 0.05) is 0 Å². The van der Waals surface area contributed by atoms with E-state index in [1.165, 1.54) is 6.92 Å². The van der Waals surface area contributed by atoms with Gasteiger partial charge < -0.3 is 10.1 Å².